The van der Waals surface area contributed by atoms with Gasteiger partial charge in [-0.15, -0.1) is 0 Å². The fraction of sp³-hybridized carbons (Fsp3) is 1.00. The second-order valence-electron chi connectivity index (χ2n) is 7.74. The van der Waals surface area contributed by atoms with Crippen LogP contribution >= 0.6 is 0 Å². The summed E-state index contributed by atoms with van der Waals surface area (Å²) in [5.74, 6) is 2.07. The normalized spacial score (nSPS) is 32.9. The van der Waals surface area contributed by atoms with Gasteiger partial charge >= 0.3 is 0 Å². The molecule has 3 fully saturated rings. The van der Waals surface area contributed by atoms with E-state index < -0.39 is 0 Å². The molecule has 2 unspecified atom stereocenters. The lowest BCUT2D eigenvalue weighted by molar-refractivity contribution is 0.125. The number of piperidine rings is 1. The summed E-state index contributed by atoms with van der Waals surface area (Å²) in [5, 5.41) is 4.01. The van der Waals surface area contributed by atoms with Crippen molar-refractivity contribution in [2.45, 2.75) is 83.2 Å². The average molecular weight is 278 g/mol. The van der Waals surface area contributed by atoms with Gasteiger partial charge in [0, 0.05) is 25.2 Å². The van der Waals surface area contributed by atoms with E-state index in [0.717, 1.165) is 23.9 Å². The number of hydrogen-bond donors (Lipinski definition) is 1. The molecule has 1 aliphatic heterocycles. The van der Waals surface area contributed by atoms with E-state index >= 15 is 0 Å². The fourth-order valence-corrected chi connectivity index (χ4v) is 4.41. The van der Waals surface area contributed by atoms with Crippen LogP contribution in [0.15, 0.2) is 0 Å². The van der Waals surface area contributed by atoms with Crippen molar-refractivity contribution in [3.8, 4) is 0 Å². The predicted octanol–water partition coefficient (Wildman–Crippen LogP) is 3.81. The topological polar surface area (TPSA) is 15.3 Å². The minimum atomic E-state index is 0.785. The van der Waals surface area contributed by atoms with Crippen LogP contribution in [0.2, 0.25) is 0 Å². The van der Waals surface area contributed by atoms with Crippen molar-refractivity contribution in [1.29, 1.82) is 0 Å². The Morgan fingerprint density at radius 2 is 1.75 bits per heavy atom. The summed E-state index contributed by atoms with van der Waals surface area (Å²) in [4.78, 5) is 2.77. The van der Waals surface area contributed by atoms with E-state index in [9.17, 15) is 0 Å². The zero-order valence-corrected chi connectivity index (χ0v) is 13.4. The van der Waals surface area contributed by atoms with Gasteiger partial charge in [-0.1, -0.05) is 39.0 Å². The van der Waals surface area contributed by atoms with Crippen LogP contribution in [0.4, 0.5) is 0 Å². The van der Waals surface area contributed by atoms with Crippen LogP contribution in [-0.4, -0.2) is 36.6 Å². The summed E-state index contributed by atoms with van der Waals surface area (Å²) in [6.07, 6.45) is 14.5. The Kier molecular flexibility index (Phi) is 5.39. The summed E-state index contributed by atoms with van der Waals surface area (Å²) >= 11 is 0. The molecule has 0 aromatic heterocycles. The van der Waals surface area contributed by atoms with Crippen molar-refractivity contribution in [1.82, 2.24) is 10.2 Å². The van der Waals surface area contributed by atoms with Crippen molar-refractivity contribution in [3.05, 3.63) is 0 Å². The fourth-order valence-electron chi connectivity index (χ4n) is 4.41. The van der Waals surface area contributed by atoms with Gasteiger partial charge in [0.1, 0.15) is 0 Å². The summed E-state index contributed by atoms with van der Waals surface area (Å²) in [6, 6.07) is 1.63. The zero-order valence-electron chi connectivity index (χ0n) is 13.4. The first-order valence-corrected chi connectivity index (χ1v) is 9.32. The first-order valence-electron chi connectivity index (χ1n) is 9.32. The zero-order chi connectivity index (χ0) is 13.8. The first kappa shape index (κ1) is 14.8. The van der Waals surface area contributed by atoms with Crippen LogP contribution in [0.3, 0.4) is 0 Å². The molecule has 3 aliphatic rings. The molecule has 116 valence electrons. The van der Waals surface area contributed by atoms with E-state index in [1.54, 1.807) is 0 Å². The third-order valence-electron chi connectivity index (χ3n) is 5.63. The van der Waals surface area contributed by atoms with E-state index in [2.05, 4.69) is 17.1 Å². The molecular formula is C18H34N2. The monoisotopic (exact) mass is 278 g/mol. The molecule has 0 bridgehead atoms. The Hall–Kier alpha value is -0.0800. The van der Waals surface area contributed by atoms with Crippen molar-refractivity contribution >= 4 is 0 Å². The summed E-state index contributed by atoms with van der Waals surface area (Å²) < 4.78 is 0. The highest BCUT2D eigenvalue weighted by molar-refractivity contribution is 4.89. The Morgan fingerprint density at radius 1 is 0.950 bits per heavy atom. The molecule has 2 nitrogen and oxygen atoms in total. The molecule has 0 amide bonds. The minimum absolute atomic E-state index is 0.785. The van der Waals surface area contributed by atoms with E-state index in [1.807, 2.05) is 0 Å². The highest BCUT2D eigenvalue weighted by Gasteiger charge is 2.32. The lowest BCUT2D eigenvalue weighted by atomic mass is 9.89. The summed E-state index contributed by atoms with van der Waals surface area (Å²) in [6.45, 7) is 6.36. The van der Waals surface area contributed by atoms with Crippen molar-refractivity contribution in [2.75, 3.05) is 19.6 Å². The van der Waals surface area contributed by atoms with Gasteiger partial charge in [-0.3, -0.25) is 0 Å². The highest BCUT2D eigenvalue weighted by Crippen LogP contribution is 2.38. The molecule has 3 rings (SSSR count). The SMILES string of the molecule is CCCCN1CC(CC2CC2)CC(NC2CCCC2)C1. The molecule has 2 saturated carbocycles. The number of unbranched alkanes of at least 4 members (excludes halogenated alkanes) is 1. The van der Waals surface area contributed by atoms with Crippen molar-refractivity contribution < 1.29 is 0 Å². The molecule has 2 aliphatic carbocycles. The Balaban J connectivity index is 1.50. The second-order valence-corrected chi connectivity index (χ2v) is 7.74. The maximum Gasteiger partial charge on any atom is 0.0200 e. The standard InChI is InChI=1S/C18H34N2/c1-2-3-10-20-13-16(11-15-8-9-15)12-18(14-20)19-17-6-4-5-7-17/h15-19H,2-14H2,1H3. The number of nitrogens with zero attached hydrogens (tertiary/aromatic N) is 1. The van der Waals surface area contributed by atoms with Gasteiger partial charge < -0.3 is 10.2 Å². The average Bonchev–Trinajstić information content (AvgIpc) is 3.10. The second kappa shape index (κ2) is 7.26. The van der Waals surface area contributed by atoms with Gasteiger partial charge in [-0.25, -0.2) is 0 Å². The van der Waals surface area contributed by atoms with Crippen LogP contribution in [0, 0.1) is 11.8 Å². The van der Waals surface area contributed by atoms with E-state index in [0.29, 0.717) is 0 Å². The van der Waals surface area contributed by atoms with Gasteiger partial charge in [0.25, 0.3) is 0 Å². The quantitative estimate of drug-likeness (QED) is 0.762. The number of rotatable bonds is 7. The third-order valence-corrected chi connectivity index (χ3v) is 5.63. The molecule has 0 aromatic carbocycles. The maximum atomic E-state index is 4.01. The molecule has 2 heteroatoms. The first-order chi connectivity index (χ1) is 9.83. The highest BCUT2D eigenvalue weighted by atomic mass is 15.2. The van der Waals surface area contributed by atoms with Gasteiger partial charge in [0.05, 0.1) is 0 Å². The Labute approximate surface area is 125 Å². The van der Waals surface area contributed by atoms with Gasteiger partial charge in [-0.05, 0) is 50.5 Å². The Morgan fingerprint density at radius 3 is 2.45 bits per heavy atom. The summed E-state index contributed by atoms with van der Waals surface area (Å²) in [7, 11) is 0. The Bertz CT molecular complexity index is 281. The summed E-state index contributed by atoms with van der Waals surface area (Å²) in [5.41, 5.74) is 0. The molecule has 0 aromatic rings. The van der Waals surface area contributed by atoms with Gasteiger partial charge in [0.15, 0.2) is 0 Å². The van der Waals surface area contributed by atoms with Crippen LogP contribution in [0.25, 0.3) is 0 Å². The number of likely N-dealkylation sites (tertiary alicyclic amines) is 1. The smallest absolute Gasteiger partial charge is 0.0200 e. The molecule has 0 spiro atoms. The van der Waals surface area contributed by atoms with Crippen LogP contribution < -0.4 is 5.32 Å². The van der Waals surface area contributed by atoms with Crippen LogP contribution in [-0.2, 0) is 0 Å². The van der Waals surface area contributed by atoms with Crippen LogP contribution in [0.5, 0.6) is 0 Å². The largest absolute Gasteiger partial charge is 0.310 e. The van der Waals surface area contributed by atoms with Crippen molar-refractivity contribution in [2.24, 2.45) is 11.8 Å². The molecular weight excluding hydrogens is 244 g/mol. The van der Waals surface area contributed by atoms with Crippen molar-refractivity contribution in [3.63, 3.8) is 0 Å². The predicted molar refractivity (Wildman–Crippen MR) is 86.0 cm³/mol. The lowest BCUT2D eigenvalue weighted by Crippen LogP contribution is -2.51. The van der Waals surface area contributed by atoms with Crippen LogP contribution in [0.1, 0.15) is 71.1 Å². The number of nitrogens with one attached hydrogen (secondary N) is 1. The minimum Gasteiger partial charge on any atom is -0.310 e. The molecule has 1 saturated heterocycles. The molecule has 1 N–H and O–H groups in total. The van der Waals surface area contributed by atoms with E-state index in [4.69, 9.17) is 0 Å². The third kappa shape index (κ3) is 4.46. The van der Waals surface area contributed by atoms with Gasteiger partial charge in [-0.2, -0.15) is 0 Å². The number of hydrogen-bond acceptors (Lipinski definition) is 2. The molecule has 1 heterocycles. The van der Waals surface area contributed by atoms with E-state index in [-0.39, 0.29) is 0 Å². The molecule has 2 atom stereocenters. The molecule has 0 radical (unpaired) electrons. The van der Waals surface area contributed by atoms with E-state index in [1.165, 1.54) is 83.8 Å². The van der Waals surface area contributed by atoms with Gasteiger partial charge in [0.2, 0.25) is 0 Å². The molecule has 20 heavy (non-hydrogen) atoms. The maximum absolute atomic E-state index is 4.01. The lowest BCUT2D eigenvalue weighted by Gasteiger charge is -2.39.